The molecule has 0 heterocycles. The van der Waals surface area contributed by atoms with Gasteiger partial charge in [0.1, 0.15) is 12.3 Å². The summed E-state index contributed by atoms with van der Waals surface area (Å²) < 4.78 is 24.9. The summed E-state index contributed by atoms with van der Waals surface area (Å²) in [6.45, 7) is 7.49. The lowest BCUT2D eigenvalue weighted by Gasteiger charge is -2.42. The van der Waals surface area contributed by atoms with Crippen LogP contribution in [0.4, 0.5) is 4.39 Å². The van der Waals surface area contributed by atoms with E-state index in [1.165, 1.54) is 19.6 Å². The van der Waals surface area contributed by atoms with Crippen LogP contribution >= 0.6 is 0 Å². The van der Waals surface area contributed by atoms with Crippen LogP contribution in [0, 0.1) is 29.6 Å². The van der Waals surface area contributed by atoms with Gasteiger partial charge in [0.05, 0.1) is 25.0 Å². The molecule has 2 unspecified atom stereocenters. The first-order valence-corrected chi connectivity index (χ1v) is 11.7. The molecule has 0 radical (unpaired) electrons. The summed E-state index contributed by atoms with van der Waals surface area (Å²) >= 11 is 0. The highest BCUT2D eigenvalue weighted by Crippen LogP contribution is 2.44. The van der Waals surface area contributed by atoms with Gasteiger partial charge < -0.3 is 14.6 Å². The summed E-state index contributed by atoms with van der Waals surface area (Å²) in [4.78, 5) is 24.0. The largest absolute Gasteiger partial charge is 0.469 e. The zero-order chi connectivity index (χ0) is 23.1. The Balaban J connectivity index is 2.03. The summed E-state index contributed by atoms with van der Waals surface area (Å²) in [6, 6.07) is 0. The van der Waals surface area contributed by atoms with Gasteiger partial charge in [0.2, 0.25) is 0 Å². The van der Waals surface area contributed by atoms with Crippen molar-refractivity contribution in [3.8, 4) is 0 Å². The van der Waals surface area contributed by atoms with E-state index in [2.05, 4.69) is 29.9 Å². The Hall–Kier alpha value is -1.69. The summed E-state index contributed by atoms with van der Waals surface area (Å²) in [7, 11) is 1.24. The standard InChI is InChI=1S/C25H39FO5/c1-6-15(2)24(28)31-22-9-7-8-18-11-10-16(3)20(23(18)22)13-12-19(27)14-21(26)17(4)25(29)30-5/h8,10-11,15-17,19-23,27H,6-7,9,12-14H2,1-5H3/t15-,16-,17?,19+,20-,21-,22-,23?/m0/s1. The third-order valence-corrected chi connectivity index (χ3v) is 7.07. The van der Waals surface area contributed by atoms with E-state index in [-0.39, 0.29) is 42.2 Å². The zero-order valence-corrected chi connectivity index (χ0v) is 19.6. The van der Waals surface area contributed by atoms with E-state index in [0.29, 0.717) is 12.8 Å². The predicted molar refractivity (Wildman–Crippen MR) is 118 cm³/mol. The SMILES string of the molecule is CC[C@H](C)C(=O)O[C@H]1CCC=C2C=C[C@H](C)[C@H](CC[C@@H](O)C[C@H](F)C(C)C(=O)OC)C21. The monoisotopic (exact) mass is 438 g/mol. The lowest BCUT2D eigenvalue weighted by molar-refractivity contribution is -0.158. The quantitative estimate of drug-likeness (QED) is 0.497. The second-order valence-corrected chi connectivity index (χ2v) is 9.27. The summed E-state index contributed by atoms with van der Waals surface area (Å²) in [5, 5.41) is 10.4. The number of methoxy groups -OCH3 is 1. The minimum absolute atomic E-state index is 0.0903. The van der Waals surface area contributed by atoms with Crippen molar-refractivity contribution in [3.63, 3.8) is 0 Å². The molecule has 0 aromatic carbocycles. The van der Waals surface area contributed by atoms with E-state index in [0.717, 1.165) is 19.3 Å². The van der Waals surface area contributed by atoms with Gasteiger partial charge in [-0.2, -0.15) is 0 Å². The Bertz CT molecular complexity index is 673. The maximum atomic E-state index is 14.4. The molecule has 2 rings (SSSR count). The summed E-state index contributed by atoms with van der Waals surface area (Å²) in [6.07, 6.45) is 7.58. The molecule has 6 heteroatoms. The van der Waals surface area contributed by atoms with Crippen molar-refractivity contribution >= 4 is 11.9 Å². The highest BCUT2D eigenvalue weighted by Gasteiger charge is 2.40. The summed E-state index contributed by atoms with van der Waals surface area (Å²) in [5.74, 6) is -1.19. The molecule has 0 saturated heterocycles. The van der Waals surface area contributed by atoms with Crippen LogP contribution in [-0.4, -0.2) is 42.5 Å². The van der Waals surface area contributed by atoms with Gasteiger partial charge in [0.15, 0.2) is 0 Å². The Kier molecular flexibility index (Phi) is 9.73. The number of halogens is 1. The number of aliphatic hydroxyl groups excluding tert-OH is 1. The Morgan fingerprint density at radius 3 is 2.65 bits per heavy atom. The van der Waals surface area contributed by atoms with Gasteiger partial charge in [-0.1, -0.05) is 39.0 Å². The number of carbonyl (C=O) groups is 2. The van der Waals surface area contributed by atoms with E-state index in [1.807, 2.05) is 13.8 Å². The van der Waals surface area contributed by atoms with Crippen molar-refractivity contribution in [2.24, 2.45) is 29.6 Å². The molecule has 0 fully saturated rings. The Morgan fingerprint density at radius 1 is 1.29 bits per heavy atom. The predicted octanol–water partition coefficient (Wildman–Crippen LogP) is 4.78. The van der Waals surface area contributed by atoms with Gasteiger partial charge >= 0.3 is 11.9 Å². The van der Waals surface area contributed by atoms with Crippen LogP contribution in [0.15, 0.2) is 23.8 Å². The lowest BCUT2D eigenvalue weighted by atomic mass is 9.66. The normalized spacial score (nSPS) is 29.2. The molecule has 0 aromatic rings. The maximum Gasteiger partial charge on any atom is 0.311 e. The number of hydrogen-bond acceptors (Lipinski definition) is 5. The van der Waals surface area contributed by atoms with Crippen LogP contribution in [0.5, 0.6) is 0 Å². The number of aliphatic hydroxyl groups is 1. The number of rotatable bonds is 10. The van der Waals surface area contributed by atoms with Crippen molar-refractivity contribution < 1.29 is 28.6 Å². The molecule has 8 atom stereocenters. The third kappa shape index (κ3) is 6.64. The number of carbonyl (C=O) groups excluding carboxylic acids is 2. The topological polar surface area (TPSA) is 72.8 Å². The molecule has 2 aliphatic rings. The van der Waals surface area contributed by atoms with Crippen molar-refractivity contribution in [1.82, 2.24) is 0 Å². The number of fused-ring (bicyclic) bond motifs is 1. The molecule has 176 valence electrons. The molecule has 0 aromatic heterocycles. The second kappa shape index (κ2) is 11.8. The van der Waals surface area contributed by atoms with Crippen LogP contribution in [0.3, 0.4) is 0 Å². The van der Waals surface area contributed by atoms with Crippen molar-refractivity contribution in [2.75, 3.05) is 7.11 Å². The minimum Gasteiger partial charge on any atom is -0.469 e. The number of hydrogen-bond donors (Lipinski definition) is 1. The van der Waals surface area contributed by atoms with Crippen LogP contribution in [0.2, 0.25) is 0 Å². The number of allylic oxidation sites excluding steroid dienone is 3. The zero-order valence-electron chi connectivity index (χ0n) is 19.6. The number of esters is 2. The molecule has 0 amide bonds. The first kappa shape index (κ1) is 25.6. The number of alkyl halides is 1. The van der Waals surface area contributed by atoms with Crippen molar-refractivity contribution in [3.05, 3.63) is 23.8 Å². The van der Waals surface area contributed by atoms with E-state index in [9.17, 15) is 19.1 Å². The molecule has 1 N–H and O–H groups in total. The first-order valence-electron chi connectivity index (χ1n) is 11.7. The number of ether oxygens (including phenoxy) is 2. The van der Waals surface area contributed by atoms with E-state index in [1.54, 1.807) is 0 Å². The van der Waals surface area contributed by atoms with Crippen molar-refractivity contribution in [2.45, 2.75) is 84.6 Å². The molecule has 0 bridgehead atoms. The summed E-state index contributed by atoms with van der Waals surface area (Å²) in [5.41, 5.74) is 1.20. The van der Waals surface area contributed by atoms with E-state index < -0.39 is 24.2 Å². The molecular formula is C25H39FO5. The fourth-order valence-electron chi connectivity index (χ4n) is 4.69. The third-order valence-electron chi connectivity index (χ3n) is 7.07. The fourth-order valence-corrected chi connectivity index (χ4v) is 4.69. The van der Waals surface area contributed by atoms with Crippen LogP contribution < -0.4 is 0 Å². The smallest absolute Gasteiger partial charge is 0.311 e. The average Bonchev–Trinajstić information content (AvgIpc) is 2.76. The van der Waals surface area contributed by atoms with Gasteiger partial charge in [-0.15, -0.1) is 0 Å². The first-order chi connectivity index (χ1) is 14.7. The van der Waals surface area contributed by atoms with Crippen LogP contribution in [0.25, 0.3) is 0 Å². The molecule has 2 aliphatic carbocycles. The Morgan fingerprint density at radius 2 is 2.00 bits per heavy atom. The van der Waals surface area contributed by atoms with E-state index >= 15 is 0 Å². The highest BCUT2D eigenvalue weighted by molar-refractivity contribution is 5.72. The van der Waals surface area contributed by atoms with Gasteiger partial charge in [-0.3, -0.25) is 9.59 Å². The Labute approximate surface area is 186 Å². The van der Waals surface area contributed by atoms with Gasteiger partial charge in [0, 0.05) is 12.3 Å². The molecule has 0 saturated carbocycles. The minimum atomic E-state index is -1.44. The molecule has 5 nitrogen and oxygen atoms in total. The maximum absolute atomic E-state index is 14.4. The van der Waals surface area contributed by atoms with Crippen molar-refractivity contribution in [1.29, 1.82) is 0 Å². The highest BCUT2D eigenvalue weighted by atomic mass is 19.1. The lowest BCUT2D eigenvalue weighted by Crippen LogP contribution is -2.40. The van der Waals surface area contributed by atoms with E-state index in [4.69, 9.17) is 4.74 Å². The van der Waals surface area contributed by atoms with Gasteiger partial charge in [-0.25, -0.2) is 4.39 Å². The second-order valence-electron chi connectivity index (χ2n) is 9.27. The molecular weight excluding hydrogens is 399 g/mol. The van der Waals surface area contributed by atoms with Crippen LogP contribution in [0.1, 0.15) is 66.2 Å². The molecule has 31 heavy (non-hydrogen) atoms. The average molecular weight is 439 g/mol. The molecule has 0 aliphatic heterocycles. The van der Waals surface area contributed by atoms with Crippen LogP contribution in [-0.2, 0) is 19.1 Å². The fraction of sp³-hybridized carbons (Fsp3) is 0.760. The molecule has 0 spiro atoms. The van der Waals surface area contributed by atoms with Gasteiger partial charge in [0.25, 0.3) is 0 Å². The van der Waals surface area contributed by atoms with Gasteiger partial charge in [-0.05, 0) is 56.4 Å².